The third-order valence-corrected chi connectivity index (χ3v) is 5.32. The Hall–Kier alpha value is -3.86. The Morgan fingerprint density at radius 3 is 2.56 bits per heavy atom. The molecule has 0 aliphatic carbocycles. The van der Waals surface area contributed by atoms with Crippen LogP contribution in [0.1, 0.15) is 29.9 Å². The summed E-state index contributed by atoms with van der Waals surface area (Å²) in [7, 11) is 0. The van der Waals surface area contributed by atoms with Crippen LogP contribution in [0.3, 0.4) is 0 Å². The van der Waals surface area contributed by atoms with Gasteiger partial charge in [0.05, 0.1) is 23.6 Å². The van der Waals surface area contributed by atoms with Crippen LogP contribution in [0, 0.1) is 6.92 Å². The number of aromatic nitrogens is 2. The largest absolute Gasteiger partial charge is 0.491 e. The lowest BCUT2D eigenvalue weighted by Crippen LogP contribution is -2.27. The van der Waals surface area contributed by atoms with Crippen LogP contribution in [0.25, 0.3) is 17.1 Å². The van der Waals surface area contributed by atoms with E-state index < -0.39 is 0 Å². The average molecular weight is 426 g/mol. The smallest absolute Gasteiger partial charge is 0.244 e. The summed E-state index contributed by atoms with van der Waals surface area (Å²) >= 11 is 0. The first kappa shape index (κ1) is 21.4. The number of ether oxygens (including phenoxy) is 1. The number of nitrogens with zero attached hydrogens (tertiary/aromatic N) is 2. The van der Waals surface area contributed by atoms with Gasteiger partial charge in [-0.2, -0.15) is 0 Å². The second-order valence-corrected chi connectivity index (χ2v) is 7.70. The summed E-state index contributed by atoms with van der Waals surface area (Å²) < 4.78 is 8.14. The number of hydrogen-bond donors (Lipinski definition) is 1. The third kappa shape index (κ3) is 5.06. The van der Waals surface area contributed by atoms with E-state index in [9.17, 15) is 4.79 Å². The van der Waals surface area contributed by atoms with E-state index in [1.165, 1.54) is 0 Å². The number of rotatable bonds is 8. The van der Waals surface area contributed by atoms with Gasteiger partial charge in [0.1, 0.15) is 18.2 Å². The van der Waals surface area contributed by atoms with Gasteiger partial charge in [0.25, 0.3) is 0 Å². The molecule has 4 aromatic rings. The van der Waals surface area contributed by atoms with Crippen molar-refractivity contribution in [1.82, 2.24) is 14.9 Å². The topological polar surface area (TPSA) is 56.1 Å². The van der Waals surface area contributed by atoms with Crippen molar-refractivity contribution in [2.75, 3.05) is 6.61 Å². The van der Waals surface area contributed by atoms with E-state index in [0.717, 1.165) is 33.7 Å². The molecule has 5 heteroatoms. The monoisotopic (exact) mass is 425 g/mol. The minimum Gasteiger partial charge on any atom is -0.491 e. The molecule has 0 bridgehead atoms. The molecule has 0 aliphatic heterocycles. The number of fused-ring (bicyclic) bond motifs is 1. The van der Waals surface area contributed by atoms with Crippen molar-refractivity contribution >= 4 is 23.0 Å². The standard InChI is InChI=1S/C27H27N3O2/c1-20-10-6-9-15-25(20)32-19-18-30-24-14-8-7-13-23(24)29-27(30)21(2)28-26(31)17-16-22-11-4-3-5-12-22/h3-17,21H,18-19H2,1-2H3,(H,28,31)/b17-16-. The number of imidazole rings is 1. The van der Waals surface area contributed by atoms with Gasteiger partial charge < -0.3 is 14.6 Å². The highest BCUT2D eigenvalue weighted by atomic mass is 16.5. The molecule has 1 heterocycles. The Labute approximate surface area is 188 Å². The summed E-state index contributed by atoms with van der Waals surface area (Å²) in [5.74, 6) is 1.53. The Morgan fingerprint density at radius 1 is 1.03 bits per heavy atom. The average Bonchev–Trinajstić information content (AvgIpc) is 3.18. The molecule has 162 valence electrons. The number of hydrogen-bond acceptors (Lipinski definition) is 3. The van der Waals surface area contributed by atoms with E-state index in [4.69, 9.17) is 9.72 Å². The minimum absolute atomic E-state index is 0.156. The molecule has 0 fully saturated rings. The van der Waals surface area contributed by atoms with Crippen molar-refractivity contribution in [2.24, 2.45) is 0 Å². The number of carbonyl (C=O) groups excluding carboxylic acids is 1. The first-order valence-corrected chi connectivity index (χ1v) is 10.8. The number of carbonyl (C=O) groups is 1. The summed E-state index contributed by atoms with van der Waals surface area (Å²) in [6.45, 7) is 5.12. The predicted octanol–water partition coefficient (Wildman–Crippen LogP) is 5.31. The van der Waals surface area contributed by atoms with E-state index in [-0.39, 0.29) is 11.9 Å². The molecule has 32 heavy (non-hydrogen) atoms. The van der Waals surface area contributed by atoms with Crippen molar-refractivity contribution in [3.63, 3.8) is 0 Å². The molecule has 0 radical (unpaired) electrons. The van der Waals surface area contributed by atoms with Crippen molar-refractivity contribution in [3.8, 4) is 5.75 Å². The lowest BCUT2D eigenvalue weighted by Gasteiger charge is -2.16. The molecule has 1 amide bonds. The van der Waals surface area contributed by atoms with Crippen LogP contribution in [0.15, 0.2) is 84.9 Å². The second kappa shape index (κ2) is 9.96. The predicted molar refractivity (Wildman–Crippen MR) is 128 cm³/mol. The molecule has 4 rings (SSSR count). The van der Waals surface area contributed by atoms with Crippen LogP contribution in [0.5, 0.6) is 5.75 Å². The van der Waals surface area contributed by atoms with Gasteiger partial charge in [-0.3, -0.25) is 4.79 Å². The Morgan fingerprint density at radius 2 is 1.75 bits per heavy atom. The zero-order chi connectivity index (χ0) is 22.3. The molecular weight excluding hydrogens is 398 g/mol. The van der Waals surface area contributed by atoms with Crippen LogP contribution in [0.2, 0.25) is 0 Å². The highest BCUT2D eigenvalue weighted by molar-refractivity contribution is 5.92. The highest BCUT2D eigenvalue weighted by Crippen LogP contribution is 2.22. The van der Waals surface area contributed by atoms with Crippen LogP contribution < -0.4 is 10.1 Å². The number of nitrogens with one attached hydrogen (secondary N) is 1. The van der Waals surface area contributed by atoms with Gasteiger partial charge in [-0.15, -0.1) is 0 Å². The third-order valence-electron chi connectivity index (χ3n) is 5.32. The maximum absolute atomic E-state index is 12.5. The number of aryl methyl sites for hydroxylation is 1. The quantitative estimate of drug-likeness (QED) is 0.389. The molecule has 5 nitrogen and oxygen atoms in total. The normalized spacial score (nSPS) is 12.2. The van der Waals surface area contributed by atoms with Crippen LogP contribution in [0.4, 0.5) is 0 Å². The lowest BCUT2D eigenvalue weighted by atomic mass is 10.2. The fourth-order valence-electron chi connectivity index (χ4n) is 3.69. The van der Waals surface area contributed by atoms with Crippen LogP contribution in [-0.4, -0.2) is 22.1 Å². The van der Waals surface area contributed by atoms with Gasteiger partial charge in [-0.1, -0.05) is 60.7 Å². The van der Waals surface area contributed by atoms with Gasteiger partial charge in [-0.25, -0.2) is 4.98 Å². The van der Waals surface area contributed by atoms with Crippen molar-refractivity contribution in [3.05, 3.63) is 102 Å². The summed E-state index contributed by atoms with van der Waals surface area (Å²) in [4.78, 5) is 17.3. The first-order chi connectivity index (χ1) is 15.6. The van der Waals surface area contributed by atoms with Gasteiger partial charge in [0.15, 0.2) is 0 Å². The molecule has 0 saturated heterocycles. The zero-order valence-corrected chi connectivity index (χ0v) is 18.4. The molecule has 1 N–H and O–H groups in total. The van der Waals surface area contributed by atoms with E-state index in [2.05, 4.69) is 9.88 Å². The van der Waals surface area contributed by atoms with E-state index >= 15 is 0 Å². The molecule has 1 atom stereocenters. The number of para-hydroxylation sites is 3. The molecule has 1 unspecified atom stereocenters. The van der Waals surface area contributed by atoms with E-state index in [1.807, 2.05) is 92.7 Å². The van der Waals surface area contributed by atoms with Crippen molar-refractivity contribution in [1.29, 1.82) is 0 Å². The van der Waals surface area contributed by atoms with E-state index in [0.29, 0.717) is 13.2 Å². The molecule has 0 saturated carbocycles. The van der Waals surface area contributed by atoms with Gasteiger partial charge >= 0.3 is 0 Å². The Balaban J connectivity index is 1.49. The second-order valence-electron chi connectivity index (χ2n) is 7.70. The maximum Gasteiger partial charge on any atom is 0.244 e. The molecule has 3 aromatic carbocycles. The molecule has 1 aromatic heterocycles. The lowest BCUT2D eigenvalue weighted by molar-refractivity contribution is -0.117. The minimum atomic E-state index is -0.256. The fraction of sp³-hybridized carbons (Fsp3) is 0.185. The molecule has 0 aliphatic rings. The summed E-state index contributed by atoms with van der Waals surface area (Å²) in [5, 5.41) is 3.04. The van der Waals surface area contributed by atoms with Gasteiger partial charge in [0.2, 0.25) is 5.91 Å². The Bertz CT molecular complexity index is 1230. The Kier molecular flexibility index (Phi) is 6.66. The number of amides is 1. The SMILES string of the molecule is Cc1ccccc1OCCn1c(C(C)NC(=O)/C=C\c2ccccc2)nc2ccccc21. The summed E-state index contributed by atoms with van der Waals surface area (Å²) in [6, 6.07) is 25.5. The van der Waals surface area contributed by atoms with Crippen LogP contribution >= 0.6 is 0 Å². The van der Waals surface area contributed by atoms with Crippen molar-refractivity contribution < 1.29 is 9.53 Å². The zero-order valence-electron chi connectivity index (χ0n) is 18.4. The molecule has 0 spiro atoms. The van der Waals surface area contributed by atoms with E-state index in [1.54, 1.807) is 12.2 Å². The number of benzene rings is 3. The molecular formula is C27H27N3O2. The van der Waals surface area contributed by atoms with Gasteiger partial charge in [-0.05, 0) is 49.2 Å². The van der Waals surface area contributed by atoms with Crippen LogP contribution in [-0.2, 0) is 11.3 Å². The van der Waals surface area contributed by atoms with Crippen molar-refractivity contribution in [2.45, 2.75) is 26.4 Å². The summed E-state index contributed by atoms with van der Waals surface area (Å²) in [5.41, 5.74) is 4.01. The maximum atomic E-state index is 12.5. The fourth-order valence-corrected chi connectivity index (χ4v) is 3.69. The highest BCUT2D eigenvalue weighted by Gasteiger charge is 2.17. The van der Waals surface area contributed by atoms with Gasteiger partial charge in [0, 0.05) is 6.08 Å². The summed E-state index contributed by atoms with van der Waals surface area (Å²) in [6.07, 6.45) is 3.36. The first-order valence-electron chi connectivity index (χ1n) is 10.8.